The molecule has 31 heavy (non-hydrogen) atoms. The predicted molar refractivity (Wildman–Crippen MR) is 126 cm³/mol. The van der Waals surface area contributed by atoms with Crippen molar-refractivity contribution in [1.82, 2.24) is 10.2 Å². The summed E-state index contributed by atoms with van der Waals surface area (Å²) >= 11 is 6.07. The Hall–Kier alpha value is -2.53. The van der Waals surface area contributed by atoms with Crippen LogP contribution in [0.4, 0.5) is 0 Å². The summed E-state index contributed by atoms with van der Waals surface area (Å²) in [6.07, 6.45) is 3.13. The van der Waals surface area contributed by atoms with Gasteiger partial charge in [0.15, 0.2) is 6.61 Å². The molecule has 2 aromatic rings. The molecule has 0 spiro atoms. The number of ether oxygens (including phenoxy) is 1. The van der Waals surface area contributed by atoms with Crippen LogP contribution in [-0.2, 0) is 16.0 Å². The lowest BCUT2D eigenvalue weighted by molar-refractivity contribution is -0.142. The lowest BCUT2D eigenvalue weighted by atomic mass is 10.1. The van der Waals surface area contributed by atoms with Gasteiger partial charge in [0.05, 0.1) is 0 Å². The lowest BCUT2D eigenvalue weighted by Gasteiger charge is -2.30. The monoisotopic (exact) mass is 444 g/mol. The maximum Gasteiger partial charge on any atom is 0.261 e. The second-order valence-corrected chi connectivity index (χ2v) is 8.00. The van der Waals surface area contributed by atoms with E-state index >= 15 is 0 Å². The molecule has 2 rings (SSSR count). The van der Waals surface area contributed by atoms with Gasteiger partial charge in [-0.1, -0.05) is 62.2 Å². The minimum Gasteiger partial charge on any atom is -0.484 e. The smallest absolute Gasteiger partial charge is 0.261 e. The third-order valence-corrected chi connectivity index (χ3v) is 5.62. The largest absolute Gasteiger partial charge is 0.484 e. The fraction of sp³-hybridized carbons (Fsp3) is 0.440. The standard InChI is InChI=1S/C25H33ClN2O3/c1-4-6-15-27-25(30)23(5-2)28(16-14-20-10-8-7-9-11-20)24(29)18-31-21-12-13-22(26)19(3)17-21/h7-13,17,23H,4-6,14-16,18H2,1-3H3,(H,27,30)/t23-/m0/s1. The number of amides is 2. The van der Waals surface area contributed by atoms with Crippen LogP contribution in [0.1, 0.15) is 44.2 Å². The van der Waals surface area contributed by atoms with Crippen molar-refractivity contribution < 1.29 is 14.3 Å². The number of aryl methyl sites for hydroxylation is 1. The average Bonchev–Trinajstić information content (AvgIpc) is 2.78. The zero-order chi connectivity index (χ0) is 22.6. The van der Waals surface area contributed by atoms with Gasteiger partial charge in [0.25, 0.3) is 5.91 Å². The Balaban J connectivity index is 2.10. The van der Waals surface area contributed by atoms with E-state index in [9.17, 15) is 9.59 Å². The van der Waals surface area contributed by atoms with Gasteiger partial charge in [-0.05, 0) is 55.5 Å². The molecule has 0 aliphatic carbocycles. The van der Waals surface area contributed by atoms with Crippen LogP contribution in [-0.4, -0.2) is 42.5 Å². The number of rotatable bonds is 12. The van der Waals surface area contributed by atoms with Gasteiger partial charge in [-0.25, -0.2) is 0 Å². The molecule has 0 fully saturated rings. The van der Waals surface area contributed by atoms with Crippen molar-refractivity contribution in [2.24, 2.45) is 0 Å². The molecular formula is C25H33ClN2O3. The molecule has 0 radical (unpaired) electrons. The van der Waals surface area contributed by atoms with Crippen LogP contribution in [0.15, 0.2) is 48.5 Å². The molecule has 0 aliphatic rings. The number of unbranched alkanes of at least 4 members (excludes halogenated alkanes) is 1. The van der Waals surface area contributed by atoms with Crippen LogP contribution in [0.2, 0.25) is 5.02 Å². The van der Waals surface area contributed by atoms with Crippen molar-refractivity contribution in [1.29, 1.82) is 0 Å². The van der Waals surface area contributed by atoms with Crippen LogP contribution in [0.25, 0.3) is 0 Å². The summed E-state index contributed by atoms with van der Waals surface area (Å²) in [6, 6.07) is 14.7. The number of hydrogen-bond acceptors (Lipinski definition) is 3. The molecule has 5 nitrogen and oxygen atoms in total. The number of carbonyl (C=O) groups is 2. The molecule has 168 valence electrons. The quantitative estimate of drug-likeness (QED) is 0.478. The summed E-state index contributed by atoms with van der Waals surface area (Å²) < 4.78 is 5.73. The highest BCUT2D eigenvalue weighted by atomic mass is 35.5. The maximum absolute atomic E-state index is 13.1. The first-order chi connectivity index (χ1) is 15.0. The van der Waals surface area contributed by atoms with Crippen LogP contribution < -0.4 is 10.1 Å². The SMILES string of the molecule is CCCCNC(=O)[C@H](CC)N(CCc1ccccc1)C(=O)COc1ccc(Cl)c(C)c1. The number of benzene rings is 2. The molecule has 1 atom stereocenters. The van der Waals surface area contributed by atoms with E-state index in [1.807, 2.05) is 44.2 Å². The third kappa shape index (κ3) is 7.91. The van der Waals surface area contributed by atoms with Crippen molar-refractivity contribution in [3.63, 3.8) is 0 Å². The Morgan fingerprint density at radius 1 is 1.13 bits per heavy atom. The van der Waals surface area contributed by atoms with Crippen molar-refractivity contribution in [2.75, 3.05) is 19.7 Å². The van der Waals surface area contributed by atoms with Gasteiger partial charge >= 0.3 is 0 Å². The van der Waals surface area contributed by atoms with E-state index in [0.29, 0.717) is 36.7 Å². The molecule has 0 aromatic heterocycles. The Kier molecular flexibility index (Phi) is 10.4. The molecule has 0 bridgehead atoms. The van der Waals surface area contributed by atoms with Gasteiger partial charge in [0.2, 0.25) is 5.91 Å². The first kappa shape index (κ1) is 24.7. The number of hydrogen-bond donors (Lipinski definition) is 1. The van der Waals surface area contributed by atoms with Crippen molar-refractivity contribution >= 4 is 23.4 Å². The summed E-state index contributed by atoms with van der Waals surface area (Å²) in [5.74, 6) is 0.263. The molecular weight excluding hydrogens is 412 g/mol. The number of carbonyl (C=O) groups excluding carboxylic acids is 2. The highest BCUT2D eigenvalue weighted by Crippen LogP contribution is 2.21. The Morgan fingerprint density at radius 3 is 2.52 bits per heavy atom. The average molecular weight is 445 g/mol. The van der Waals surface area contributed by atoms with Crippen LogP contribution >= 0.6 is 11.6 Å². The van der Waals surface area contributed by atoms with E-state index in [2.05, 4.69) is 12.2 Å². The first-order valence-corrected chi connectivity index (χ1v) is 11.3. The second kappa shape index (κ2) is 13.0. The maximum atomic E-state index is 13.1. The van der Waals surface area contributed by atoms with E-state index in [-0.39, 0.29) is 18.4 Å². The van der Waals surface area contributed by atoms with E-state index in [0.717, 1.165) is 24.0 Å². The highest BCUT2D eigenvalue weighted by Gasteiger charge is 2.28. The molecule has 6 heteroatoms. The van der Waals surface area contributed by atoms with E-state index in [4.69, 9.17) is 16.3 Å². The summed E-state index contributed by atoms with van der Waals surface area (Å²) in [6.45, 7) is 6.83. The van der Waals surface area contributed by atoms with Gasteiger partial charge in [0.1, 0.15) is 11.8 Å². The van der Waals surface area contributed by atoms with Gasteiger partial charge < -0.3 is 15.0 Å². The fourth-order valence-corrected chi connectivity index (χ4v) is 3.45. The predicted octanol–water partition coefficient (Wildman–Crippen LogP) is 4.79. The minimum atomic E-state index is -0.524. The summed E-state index contributed by atoms with van der Waals surface area (Å²) in [4.78, 5) is 27.6. The third-order valence-electron chi connectivity index (χ3n) is 5.19. The summed E-state index contributed by atoms with van der Waals surface area (Å²) in [5, 5.41) is 3.62. The summed E-state index contributed by atoms with van der Waals surface area (Å²) in [7, 11) is 0. The normalized spacial score (nSPS) is 11.6. The second-order valence-electron chi connectivity index (χ2n) is 7.59. The van der Waals surface area contributed by atoms with Crippen LogP contribution in [0, 0.1) is 6.92 Å². The molecule has 0 saturated carbocycles. The molecule has 0 unspecified atom stereocenters. The van der Waals surface area contributed by atoms with E-state index in [1.54, 1.807) is 23.1 Å². The van der Waals surface area contributed by atoms with Crippen molar-refractivity contribution in [3.8, 4) is 5.75 Å². The topological polar surface area (TPSA) is 58.6 Å². The number of halogens is 1. The zero-order valence-corrected chi connectivity index (χ0v) is 19.5. The fourth-order valence-electron chi connectivity index (χ4n) is 3.34. The van der Waals surface area contributed by atoms with Crippen molar-refractivity contribution in [2.45, 2.75) is 52.5 Å². The number of nitrogens with zero attached hydrogens (tertiary/aromatic N) is 1. The first-order valence-electron chi connectivity index (χ1n) is 11.0. The summed E-state index contributed by atoms with van der Waals surface area (Å²) in [5.41, 5.74) is 2.00. The zero-order valence-electron chi connectivity index (χ0n) is 18.7. The molecule has 0 saturated heterocycles. The van der Waals surface area contributed by atoms with Crippen LogP contribution in [0.3, 0.4) is 0 Å². The van der Waals surface area contributed by atoms with E-state index in [1.165, 1.54) is 0 Å². The van der Waals surface area contributed by atoms with Crippen molar-refractivity contribution in [3.05, 3.63) is 64.7 Å². The lowest BCUT2D eigenvalue weighted by Crippen LogP contribution is -2.51. The van der Waals surface area contributed by atoms with Gasteiger partial charge in [0, 0.05) is 18.1 Å². The Bertz CT molecular complexity index is 842. The van der Waals surface area contributed by atoms with Gasteiger partial charge in [-0.3, -0.25) is 9.59 Å². The van der Waals surface area contributed by atoms with Crippen LogP contribution in [0.5, 0.6) is 5.75 Å². The number of nitrogens with one attached hydrogen (secondary N) is 1. The molecule has 0 aliphatic heterocycles. The Morgan fingerprint density at radius 2 is 1.87 bits per heavy atom. The Labute approximate surface area is 190 Å². The molecule has 1 N–H and O–H groups in total. The van der Waals surface area contributed by atoms with Gasteiger partial charge in [-0.15, -0.1) is 0 Å². The van der Waals surface area contributed by atoms with E-state index < -0.39 is 6.04 Å². The van der Waals surface area contributed by atoms with Gasteiger partial charge in [-0.2, -0.15) is 0 Å². The highest BCUT2D eigenvalue weighted by molar-refractivity contribution is 6.31. The minimum absolute atomic E-state index is 0.111. The molecule has 2 aromatic carbocycles. The molecule has 0 heterocycles. The molecule has 2 amide bonds.